The zero-order valence-corrected chi connectivity index (χ0v) is 16.4. The Morgan fingerprint density at radius 2 is 1.93 bits per heavy atom. The predicted molar refractivity (Wildman–Crippen MR) is 111 cm³/mol. The molecule has 0 bridgehead atoms. The average Bonchev–Trinajstić information content (AvgIpc) is 2.67. The molecule has 2 N–H and O–H groups in total. The Hall–Kier alpha value is -2.96. The lowest BCUT2D eigenvalue weighted by molar-refractivity contribution is -0.120. The molecule has 0 fully saturated rings. The third-order valence-electron chi connectivity index (χ3n) is 3.87. The Morgan fingerprint density at radius 1 is 1.14 bits per heavy atom. The van der Waals surface area contributed by atoms with Crippen LogP contribution in [0.15, 0.2) is 53.6 Å². The molecule has 0 unspecified atom stereocenters. The lowest BCUT2D eigenvalue weighted by Gasteiger charge is -2.06. The number of benzene rings is 2. The van der Waals surface area contributed by atoms with Crippen LogP contribution < -0.4 is 10.7 Å². The number of carbonyl (C=O) groups is 2. The Labute approximate surface area is 171 Å². The van der Waals surface area contributed by atoms with Crippen molar-refractivity contribution < 1.29 is 9.59 Å². The van der Waals surface area contributed by atoms with E-state index in [-0.39, 0.29) is 11.7 Å². The maximum atomic E-state index is 12.0. The zero-order chi connectivity index (χ0) is 20.1. The highest BCUT2D eigenvalue weighted by Gasteiger charge is 2.10. The van der Waals surface area contributed by atoms with Gasteiger partial charge in [-0.1, -0.05) is 47.5 Å². The molecule has 1 aromatic heterocycles. The van der Waals surface area contributed by atoms with Crippen LogP contribution in [-0.4, -0.2) is 29.6 Å². The summed E-state index contributed by atoms with van der Waals surface area (Å²) < 4.78 is 0. The smallest absolute Gasteiger partial charge is 0.259 e. The number of carbonyl (C=O) groups excluding carboxylic acids is 2. The predicted octanol–water partition coefficient (Wildman–Crippen LogP) is 3.73. The van der Waals surface area contributed by atoms with E-state index in [2.05, 4.69) is 20.8 Å². The van der Waals surface area contributed by atoms with Crippen molar-refractivity contribution in [2.24, 2.45) is 5.10 Å². The fraction of sp³-hybridized carbons (Fsp3) is 0.100. The van der Waals surface area contributed by atoms with E-state index in [1.807, 2.05) is 31.2 Å². The molecule has 2 amide bonds. The largest absolute Gasteiger partial charge is 0.343 e. The Kier molecular flexibility index (Phi) is 6.23. The van der Waals surface area contributed by atoms with Gasteiger partial charge in [-0.25, -0.2) is 10.4 Å². The Balaban J connectivity index is 1.58. The van der Waals surface area contributed by atoms with Crippen molar-refractivity contribution in [2.75, 3.05) is 6.54 Å². The molecule has 1 heterocycles. The number of aryl methyl sites for hydroxylation is 1. The number of hydrazone groups is 1. The summed E-state index contributed by atoms with van der Waals surface area (Å²) in [4.78, 5) is 28.2. The first-order valence-corrected chi connectivity index (χ1v) is 9.11. The molecule has 6 nitrogen and oxygen atoms in total. The first-order valence-electron chi connectivity index (χ1n) is 8.35. The molecule has 0 spiro atoms. The summed E-state index contributed by atoms with van der Waals surface area (Å²) in [6.07, 6.45) is 1.41. The maximum Gasteiger partial charge on any atom is 0.259 e. The van der Waals surface area contributed by atoms with E-state index in [0.717, 1.165) is 16.5 Å². The quantitative estimate of drug-likeness (QED) is 0.379. The lowest BCUT2D eigenvalue weighted by atomic mass is 10.1. The SMILES string of the molecule is Cc1ccc2cc(/C=N/NC(=O)CNC(=O)c3ccccc3Cl)c(Cl)nc2c1. The molecule has 0 aliphatic rings. The molecule has 0 aliphatic heterocycles. The van der Waals surface area contributed by atoms with Crippen molar-refractivity contribution in [3.63, 3.8) is 0 Å². The second-order valence-electron chi connectivity index (χ2n) is 6.02. The fourth-order valence-corrected chi connectivity index (χ4v) is 2.89. The number of rotatable bonds is 5. The second kappa shape index (κ2) is 8.82. The van der Waals surface area contributed by atoms with Gasteiger partial charge in [-0.2, -0.15) is 5.10 Å². The third-order valence-corrected chi connectivity index (χ3v) is 4.51. The van der Waals surface area contributed by atoms with Crippen molar-refractivity contribution >= 4 is 52.1 Å². The van der Waals surface area contributed by atoms with Crippen LogP contribution in [0.4, 0.5) is 0 Å². The van der Waals surface area contributed by atoms with Gasteiger partial charge in [-0.15, -0.1) is 0 Å². The molecule has 0 aliphatic carbocycles. The number of fused-ring (bicyclic) bond motifs is 1. The van der Waals surface area contributed by atoms with E-state index in [0.29, 0.717) is 16.1 Å². The van der Waals surface area contributed by atoms with E-state index in [1.54, 1.807) is 24.3 Å². The van der Waals surface area contributed by atoms with Crippen LogP contribution in [0.5, 0.6) is 0 Å². The van der Waals surface area contributed by atoms with Gasteiger partial charge in [0.15, 0.2) is 0 Å². The maximum absolute atomic E-state index is 12.0. The minimum atomic E-state index is -0.489. The van der Waals surface area contributed by atoms with Gasteiger partial charge in [0.1, 0.15) is 5.15 Å². The van der Waals surface area contributed by atoms with Crippen LogP contribution in [0.3, 0.4) is 0 Å². The molecule has 28 heavy (non-hydrogen) atoms. The molecule has 0 saturated carbocycles. The first kappa shape index (κ1) is 19.8. The van der Waals surface area contributed by atoms with Gasteiger partial charge in [0.05, 0.1) is 28.9 Å². The van der Waals surface area contributed by atoms with E-state index >= 15 is 0 Å². The number of nitrogens with one attached hydrogen (secondary N) is 2. The molecule has 0 radical (unpaired) electrons. The van der Waals surface area contributed by atoms with Crippen LogP contribution >= 0.6 is 23.2 Å². The number of hydrogen-bond acceptors (Lipinski definition) is 4. The van der Waals surface area contributed by atoms with Crippen LogP contribution in [0.1, 0.15) is 21.5 Å². The molecule has 3 aromatic rings. The summed E-state index contributed by atoms with van der Waals surface area (Å²) >= 11 is 12.1. The lowest BCUT2D eigenvalue weighted by Crippen LogP contribution is -2.35. The van der Waals surface area contributed by atoms with Crippen molar-refractivity contribution in [3.8, 4) is 0 Å². The van der Waals surface area contributed by atoms with Gasteiger partial charge in [0.2, 0.25) is 0 Å². The van der Waals surface area contributed by atoms with Crippen molar-refractivity contribution in [2.45, 2.75) is 6.92 Å². The summed E-state index contributed by atoms with van der Waals surface area (Å²) in [6.45, 7) is 1.73. The summed E-state index contributed by atoms with van der Waals surface area (Å²) in [5.74, 6) is -0.932. The van der Waals surface area contributed by atoms with Crippen LogP contribution in [0, 0.1) is 6.92 Å². The van der Waals surface area contributed by atoms with Gasteiger partial charge in [0.25, 0.3) is 11.8 Å². The molecule has 0 atom stereocenters. The first-order chi connectivity index (χ1) is 13.4. The molecule has 3 rings (SSSR count). The monoisotopic (exact) mass is 414 g/mol. The zero-order valence-electron chi connectivity index (χ0n) is 14.9. The molecular weight excluding hydrogens is 399 g/mol. The van der Waals surface area contributed by atoms with E-state index in [1.165, 1.54) is 6.21 Å². The van der Waals surface area contributed by atoms with Gasteiger partial charge >= 0.3 is 0 Å². The number of aromatic nitrogens is 1. The van der Waals surface area contributed by atoms with Gasteiger partial charge < -0.3 is 5.32 Å². The minimum Gasteiger partial charge on any atom is -0.343 e. The molecular formula is C20H16Cl2N4O2. The number of pyridine rings is 1. The highest BCUT2D eigenvalue weighted by Crippen LogP contribution is 2.20. The fourth-order valence-electron chi connectivity index (χ4n) is 2.47. The minimum absolute atomic E-state index is 0.246. The summed E-state index contributed by atoms with van der Waals surface area (Å²) in [6, 6.07) is 14.3. The number of nitrogens with zero attached hydrogens (tertiary/aromatic N) is 2. The highest BCUT2D eigenvalue weighted by molar-refractivity contribution is 6.34. The van der Waals surface area contributed by atoms with E-state index in [9.17, 15) is 9.59 Å². The topological polar surface area (TPSA) is 83.5 Å². The second-order valence-corrected chi connectivity index (χ2v) is 6.79. The molecule has 142 valence electrons. The normalized spacial score (nSPS) is 11.0. The Morgan fingerprint density at radius 3 is 2.71 bits per heavy atom. The summed E-state index contributed by atoms with van der Waals surface area (Å²) in [5.41, 5.74) is 5.07. The van der Waals surface area contributed by atoms with Crippen LogP contribution in [0.25, 0.3) is 10.9 Å². The molecule has 2 aromatic carbocycles. The van der Waals surface area contributed by atoms with Crippen molar-refractivity contribution in [3.05, 3.63) is 75.4 Å². The van der Waals surface area contributed by atoms with Gasteiger partial charge in [0, 0.05) is 10.9 Å². The van der Waals surface area contributed by atoms with E-state index < -0.39 is 11.8 Å². The van der Waals surface area contributed by atoms with Crippen LogP contribution in [-0.2, 0) is 4.79 Å². The van der Waals surface area contributed by atoms with Crippen molar-refractivity contribution in [1.29, 1.82) is 0 Å². The van der Waals surface area contributed by atoms with Gasteiger partial charge in [-0.3, -0.25) is 9.59 Å². The van der Waals surface area contributed by atoms with Gasteiger partial charge in [-0.05, 0) is 36.8 Å². The molecule has 8 heteroatoms. The van der Waals surface area contributed by atoms with Crippen LogP contribution in [0.2, 0.25) is 10.2 Å². The number of hydrogen-bond donors (Lipinski definition) is 2. The number of amides is 2. The Bertz CT molecular complexity index is 1080. The van der Waals surface area contributed by atoms with Crippen molar-refractivity contribution in [1.82, 2.24) is 15.7 Å². The summed E-state index contributed by atoms with van der Waals surface area (Å²) in [5, 5.41) is 7.85. The molecule has 0 saturated heterocycles. The highest BCUT2D eigenvalue weighted by atomic mass is 35.5. The van der Waals surface area contributed by atoms with E-state index in [4.69, 9.17) is 23.2 Å². The summed E-state index contributed by atoms with van der Waals surface area (Å²) in [7, 11) is 0. The standard InChI is InChI=1S/C20H16Cl2N4O2/c1-12-6-7-13-9-14(19(22)25-17(13)8-12)10-24-26-18(27)11-23-20(28)15-4-2-3-5-16(15)21/h2-10H,11H2,1H3,(H,23,28)(H,26,27)/b24-10+. The number of halogens is 2. The average molecular weight is 415 g/mol. The third kappa shape index (κ3) is 4.85.